The number of allylic oxidation sites excluding steroid dienone is 3. The van der Waals surface area contributed by atoms with Crippen LogP contribution >= 0.6 is 0 Å². The van der Waals surface area contributed by atoms with Crippen molar-refractivity contribution in [2.45, 2.75) is 38.8 Å². The molecule has 0 aromatic heterocycles. The SMILES string of the molecule is C=C1C=C([C@@H](N)CCNC(=O)OC(C)(C)C)C=C[CH-]1. The smallest absolute Gasteiger partial charge is 0.407 e. The summed E-state index contributed by atoms with van der Waals surface area (Å²) in [4.78, 5) is 11.4. The summed E-state index contributed by atoms with van der Waals surface area (Å²) in [7, 11) is 0. The Balaban J connectivity index is 2.31. The Bertz CT molecular complexity index is 403. The van der Waals surface area contributed by atoms with Gasteiger partial charge in [0, 0.05) is 12.6 Å². The van der Waals surface area contributed by atoms with E-state index in [2.05, 4.69) is 11.9 Å². The summed E-state index contributed by atoms with van der Waals surface area (Å²) in [5.41, 5.74) is 7.54. The van der Waals surface area contributed by atoms with Crippen LogP contribution in [0.1, 0.15) is 27.2 Å². The zero-order valence-corrected chi connectivity index (χ0v) is 11.9. The van der Waals surface area contributed by atoms with Crippen LogP contribution in [0.25, 0.3) is 0 Å². The minimum Gasteiger partial charge on any atom is -0.444 e. The van der Waals surface area contributed by atoms with Gasteiger partial charge in [-0.25, -0.2) is 4.79 Å². The highest BCUT2D eigenvalue weighted by molar-refractivity contribution is 5.67. The molecule has 0 bridgehead atoms. The summed E-state index contributed by atoms with van der Waals surface area (Å²) in [5, 5.41) is 2.70. The number of carbonyl (C=O) groups excluding carboxylic acids is 1. The van der Waals surface area contributed by atoms with E-state index in [0.29, 0.717) is 13.0 Å². The number of hydrogen-bond acceptors (Lipinski definition) is 3. The highest BCUT2D eigenvalue weighted by Crippen LogP contribution is 2.16. The molecule has 0 aromatic carbocycles. The molecule has 1 aliphatic rings. The summed E-state index contributed by atoms with van der Waals surface area (Å²) < 4.78 is 5.14. The minimum atomic E-state index is -0.478. The fourth-order valence-electron chi connectivity index (χ4n) is 1.63. The maximum absolute atomic E-state index is 11.4. The second kappa shape index (κ2) is 6.48. The minimum absolute atomic E-state index is 0.114. The summed E-state index contributed by atoms with van der Waals surface area (Å²) in [5.74, 6) is 0. The zero-order valence-electron chi connectivity index (χ0n) is 11.9. The van der Waals surface area contributed by atoms with E-state index in [1.165, 1.54) is 0 Å². The normalized spacial score (nSPS) is 16.4. The third kappa shape index (κ3) is 6.15. The highest BCUT2D eigenvalue weighted by Gasteiger charge is 2.15. The van der Waals surface area contributed by atoms with E-state index in [4.69, 9.17) is 10.5 Å². The molecule has 4 nitrogen and oxygen atoms in total. The standard InChI is InChI=1S/C15H23N2O2/c1-11-6-5-7-12(10-11)13(16)8-9-17-14(18)19-15(2,3)4/h5-7,10,13H,1,8-9,16H2,2-4H3,(H,17,18)/q-1/t13-/m0/s1. The molecule has 0 heterocycles. The molecule has 0 fully saturated rings. The molecule has 0 aliphatic heterocycles. The molecule has 1 rings (SSSR count). The van der Waals surface area contributed by atoms with Crippen molar-refractivity contribution in [3.8, 4) is 0 Å². The van der Waals surface area contributed by atoms with Crippen molar-refractivity contribution in [1.82, 2.24) is 5.32 Å². The van der Waals surface area contributed by atoms with Crippen LogP contribution in [-0.4, -0.2) is 24.3 Å². The van der Waals surface area contributed by atoms with E-state index in [1.54, 1.807) is 0 Å². The van der Waals surface area contributed by atoms with Crippen LogP contribution in [-0.2, 0) is 4.74 Å². The van der Waals surface area contributed by atoms with Crippen molar-refractivity contribution in [2.75, 3.05) is 6.54 Å². The Labute approximate surface area is 115 Å². The van der Waals surface area contributed by atoms with Gasteiger partial charge in [-0.15, -0.1) is 30.2 Å². The molecule has 3 N–H and O–H groups in total. The molecule has 0 saturated carbocycles. The Morgan fingerprint density at radius 1 is 1.58 bits per heavy atom. The van der Waals surface area contributed by atoms with Crippen LogP contribution in [0, 0.1) is 6.42 Å². The van der Waals surface area contributed by atoms with Gasteiger partial charge in [-0.3, -0.25) is 0 Å². The lowest BCUT2D eigenvalue weighted by molar-refractivity contribution is 0.0527. The van der Waals surface area contributed by atoms with Gasteiger partial charge in [-0.2, -0.15) is 12.2 Å². The number of alkyl carbamates (subject to hydrolysis) is 1. The molecule has 0 saturated heterocycles. The number of rotatable bonds is 4. The van der Waals surface area contributed by atoms with Crippen LogP contribution in [0.15, 0.2) is 36.0 Å². The molecule has 0 aromatic rings. The largest absolute Gasteiger partial charge is 0.444 e. The molecule has 4 heteroatoms. The predicted octanol–water partition coefficient (Wildman–Crippen LogP) is 2.49. The van der Waals surface area contributed by atoms with Crippen LogP contribution in [0.5, 0.6) is 0 Å². The molecule has 106 valence electrons. The number of ether oxygens (including phenoxy) is 1. The molecular formula is C15H23N2O2-. The molecule has 1 amide bonds. The van der Waals surface area contributed by atoms with E-state index in [0.717, 1.165) is 11.1 Å². The van der Waals surface area contributed by atoms with Gasteiger partial charge in [0.1, 0.15) is 5.60 Å². The summed E-state index contributed by atoms with van der Waals surface area (Å²) in [6.07, 6.45) is 8.02. The van der Waals surface area contributed by atoms with Gasteiger partial charge in [0.2, 0.25) is 0 Å². The summed E-state index contributed by atoms with van der Waals surface area (Å²) in [6, 6.07) is -0.114. The Hall–Kier alpha value is -1.68. The van der Waals surface area contributed by atoms with Crippen LogP contribution in [0.4, 0.5) is 4.79 Å². The molecule has 0 spiro atoms. The lowest BCUT2D eigenvalue weighted by Gasteiger charge is -2.23. The quantitative estimate of drug-likeness (QED) is 0.766. The average Bonchev–Trinajstić information content (AvgIpc) is 2.26. The van der Waals surface area contributed by atoms with Crippen molar-refractivity contribution < 1.29 is 9.53 Å². The van der Waals surface area contributed by atoms with E-state index >= 15 is 0 Å². The molecule has 19 heavy (non-hydrogen) atoms. The third-order valence-electron chi connectivity index (χ3n) is 2.50. The van der Waals surface area contributed by atoms with Crippen molar-refractivity contribution in [3.05, 3.63) is 42.4 Å². The lowest BCUT2D eigenvalue weighted by atomic mass is 9.96. The molecule has 1 atom stereocenters. The van der Waals surface area contributed by atoms with E-state index < -0.39 is 11.7 Å². The van der Waals surface area contributed by atoms with Gasteiger partial charge in [0.05, 0.1) is 0 Å². The fraction of sp³-hybridized carbons (Fsp3) is 0.467. The second-order valence-corrected chi connectivity index (χ2v) is 5.57. The van der Waals surface area contributed by atoms with Crippen molar-refractivity contribution in [3.63, 3.8) is 0 Å². The van der Waals surface area contributed by atoms with E-state index in [1.807, 2.05) is 45.4 Å². The second-order valence-electron chi connectivity index (χ2n) is 5.57. The topological polar surface area (TPSA) is 64.3 Å². The van der Waals surface area contributed by atoms with Crippen molar-refractivity contribution in [2.24, 2.45) is 5.73 Å². The fourth-order valence-corrected chi connectivity index (χ4v) is 1.63. The number of amides is 1. The van der Waals surface area contributed by atoms with Gasteiger partial charge in [0.15, 0.2) is 0 Å². The van der Waals surface area contributed by atoms with Crippen LogP contribution in [0.3, 0.4) is 0 Å². The third-order valence-corrected chi connectivity index (χ3v) is 2.50. The molecule has 1 aliphatic carbocycles. The first-order valence-corrected chi connectivity index (χ1v) is 6.42. The van der Waals surface area contributed by atoms with Gasteiger partial charge in [-0.1, -0.05) is 0 Å². The Kier molecular flexibility index (Phi) is 5.24. The monoisotopic (exact) mass is 263 g/mol. The summed E-state index contributed by atoms with van der Waals surface area (Å²) in [6.45, 7) is 9.84. The molecular weight excluding hydrogens is 240 g/mol. The van der Waals surface area contributed by atoms with Crippen LogP contribution < -0.4 is 11.1 Å². The number of nitrogens with two attached hydrogens (primary N) is 1. The van der Waals surface area contributed by atoms with Gasteiger partial charge < -0.3 is 15.8 Å². The zero-order chi connectivity index (χ0) is 14.5. The highest BCUT2D eigenvalue weighted by atomic mass is 16.6. The maximum atomic E-state index is 11.4. The number of hydrogen-bond donors (Lipinski definition) is 2. The first-order chi connectivity index (χ1) is 8.78. The van der Waals surface area contributed by atoms with Crippen molar-refractivity contribution >= 4 is 6.09 Å². The van der Waals surface area contributed by atoms with Gasteiger partial charge >= 0.3 is 6.09 Å². The maximum Gasteiger partial charge on any atom is 0.407 e. The van der Waals surface area contributed by atoms with Crippen molar-refractivity contribution in [1.29, 1.82) is 0 Å². The first kappa shape index (κ1) is 15.4. The molecule has 0 radical (unpaired) electrons. The average molecular weight is 263 g/mol. The van der Waals surface area contributed by atoms with E-state index in [9.17, 15) is 4.79 Å². The van der Waals surface area contributed by atoms with E-state index in [-0.39, 0.29) is 6.04 Å². The van der Waals surface area contributed by atoms with Gasteiger partial charge in [-0.05, 0) is 27.2 Å². The number of carbonyl (C=O) groups is 1. The number of nitrogens with one attached hydrogen (secondary N) is 1. The predicted molar refractivity (Wildman–Crippen MR) is 77.5 cm³/mol. The first-order valence-electron chi connectivity index (χ1n) is 6.42. The lowest BCUT2D eigenvalue weighted by Crippen LogP contribution is -2.35. The molecule has 0 unspecified atom stereocenters. The van der Waals surface area contributed by atoms with Gasteiger partial charge in [0.25, 0.3) is 0 Å². The Morgan fingerprint density at radius 3 is 2.84 bits per heavy atom. The summed E-state index contributed by atoms with van der Waals surface area (Å²) >= 11 is 0. The Morgan fingerprint density at radius 2 is 2.26 bits per heavy atom. The van der Waals surface area contributed by atoms with Crippen LogP contribution in [0.2, 0.25) is 0 Å².